The number of pyridine rings is 1. The third kappa shape index (κ3) is 4.77. The molecule has 33 heavy (non-hydrogen) atoms. The molecule has 0 aliphatic rings. The van der Waals surface area contributed by atoms with Crippen LogP contribution in [0.2, 0.25) is 0 Å². The van der Waals surface area contributed by atoms with E-state index in [2.05, 4.69) is 10.3 Å². The second-order valence-electron chi connectivity index (χ2n) is 8.72. The molecule has 0 bridgehead atoms. The third-order valence-corrected chi connectivity index (χ3v) is 5.80. The topological polar surface area (TPSA) is 46.4 Å². The molecule has 2 aromatic heterocycles. The van der Waals surface area contributed by atoms with E-state index in [1.165, 1.54) is 0 Å². The second kappa shape index (κ2) is 8.73. The molecule has 1 amide bonds. The summed E-state index contributed by atoms with van der Waals surface area (Å²) in [6.07, 6.45) is -1.20. The number of amides is 1. The van der Waals surface area contributed by atoms with Gasteiger partial charge in [-0.3, -0.25) is 9.20 Å². The maximum absolute atomic E-state index is 12.8. The zero-order valence-electron chi connectivity index (χ0n) is 18.3. The molecule has 0 spiro atoms. The first-order valence-electron chi connectivity index (χ1n) is 10.6. The van der Waals surface area contributed by atoms with Crippen molar-refractivity contribution in [2.75, 3.05) is 6.54 Å². The summed E-state index contributed by atoms with van der Waals surface area (Å²) in [6, 6.07) is 23.4. The minimum absolute atomic E-state index is 0.134. The average molecular weight is 451 g/mol. The van der Waals surface area contributed by atoms with Crippen LogP contribution in [0, 0.1) is 5.41 Å². The van der Waals surface area contributed by atoms with Gasteiger partial charge in [-0.1, -0.05) is 74.5 Å². The molecule has 1 unspecified atom stereocenters. The van der Waals surface area contributed by atoms with Crippen molar-refractivity contribution in [3.8, 4) is 11.4 Å². The summed E-state index contributed by atoms with van der Waals surface area (Å²) in [5, 5.41) is 2.06. The highest BCUT2D eigenvalue weighted by Crippen LogP contribution is 2.41. The van der Waals surface area contributed by atoms with Crippen molar-refractivity contribution in [2.45, 2.75) is 25.9 Å². The van der Waals surface area contributed by atoms with Crippen LogP contribution in [0.3, 0.4) is 0 Å². The van der Waals surface area contributed by atoms with Crippen LogP contribution in [-0.2, 0) is 4.79 Å². The Hall–Kier alpha value is -3.61. The highest BCUT2D eigenvalue weighted by atomic mass is 19.4. The van der Waals surface area contributed by atoms with Crippen molar-refractivity contribution in [1.82, 2.24) is 14.7 Å². The molecule has 4 aromatic rings. The van der Waals surface area contributed by atoms with Crippen LogP contribution in [-0.4, -0.2) is 28.0 Å². The first-order valence-corrected chi connectivity index (χ1v) is 10.6. The maximum atomic E-state index is 12.8. The van der Waals surface area contributed by atoms with Crippen molar-refractivity contribution in [3.05, 3.63) is 96.3 Å². The molecule has 0 saturated carbocycles. The van der Waals surface area contributed by atoms with Gasteiger partial charge < -0.3 is 5.32 Å². The zero-order chi connectivity index (χ0) is 23.6. The molecule has 0 radical (unpaired) electrons. The SMILES string of the molecule is CC(C)(CNC(=O)C(F)(F)F)C(c1ccccc1)c1ccn2c(-c3ccccc3)ncc2c1. The summed E-state index contributed by atoms with van der Waals surface area (Å²) in [5.41, 5.74) is 3.04. The van der Waals surface area contributed by atoms with Gasteiger partial charge in [-0.25, -0.2) is 4.98 Å². The van der Waals surface area contributed by atoms with E-state index >= 15 is 0 Å². The van der Waals surface area contributed by atoms with Crippen molar-refractivity contribution < 1.29 is 18.0 Å². The van der Waals surface area contributed by atoms with E-state index in [9.17, 15) is 18.0 Å². The molecule has 1 atom stereocenters. The molecule has 0 aliphatic heterocycles. The van der Waals surface area contributed by atoms with Gasteiger partial charge in [0.05, 0.1) is 11.7 Å². The lowest BCUT2D eigenvalue weighted by molar-refractivity contribution is -0.174. The van der Waals surface area contributed by atoms with Gasteiger partial charge in [0.2, 0.25) is 0 Å². The summed E-state index contributed by atoms with van der Waals surface area (Å²) in [6.45, 7) is 3.58. The van der Waals surface area contributed by atoms with Gasteiger partial charge in [-0.15, -0.1) is 0 Å². The Balaban J connectivity index is 1.73. The smallest absolute Gasteiger partial charge is 0.348 e. The number of halogens is 3. The molecule has 2 aromatic carbocycles. The van der Waals surface area contributed by atoms with Crippen molar-refractivity contribution in [2.24, 2.45) is 5.41 Å². The summed E-state index contributed by atoms with van der Waals surface area (Å²) < 4.78 is 40.3. The molecule has 1 N–H and O–H groups in total. The third-order valence-electron chi connectivity index (χ3n) is 5.80. The van der Waals surface area contributed by atoms with Crippen LogP contribution in [0.1, 0.15) is 30.9 Å². The van der Waals surface area contributed by atoms with Gasteiger partial charge in [0.15, 0.2) is 0 Å². The molecule has 2 heterocycles. The van der Waals surface area contributed by atoms with Crippen molar-refractivity contribution in [1.29, 1.82) is 0 Å². The van der Waals surface area contributed by atoms with Crippen molar-refractivity contribution >= 4 is 11.4 Å². The van der Waals surface area contributed by atoms with Crippen LogP contribution in [0.4, 0.5) is 13.2 Å². The van der Waals surface area contributed by atoms with Gasteiger partial charge in [-0.2, -0.15) is 13.2 Å². The molecular weight excluding hydrogens is 427 g/mol. The number of nitrogens with one attached hydrogen (secondary N) is 1. The van der Waals surface area contributed by atoms with E-state index in [0.717, 1.165) is 28.0 Å². The Morgan fingerprint density at radius 1 is 0.970 bits per heavy atom. The Morgan fingerprint density at radius 2 is 1.61 bits per heavy atom. The number of nitrogens with zero attached hydrogens (tertiary/aromatic N) is 2. The maximum Gasteiger partial charge on any atom is 0.471 e. The molecule has 4 nitrogen and oxygen atoms in total. The number of rotatable bonds is 6. The Bertz CT molecular complexity index is 1250. The predicted molar refractivity (Wildman–Crippen MR) is 122 cm³/mol. The lowest BCUT2D eigenvalue weighted by atomic mass is 9.71. The fraction of sp³-hybridized carbons (Fsp3) is 0.231. The number of fused-ring (bicyclic) bond motifs is 1. The molecule has 170 valence electrons. The number of imidazole rings is 1. The summed E-state index contributed by atoms with van der Waals surface area (Å²) >= 11 is 0. The standard InChI is InChI=1S/C26H24F3N3O/c1-25(2,17-31-24(33)26(27,28)29)22(18-9-5-3-6-10-18)20-13-14-32-21(15-20)16-30-23(32)19-11-7-4-8-12-19/h3-16,22H,17H2,1-2H3,(H,31,33). The van der Waals surface area contributed by atoms with E-state index in [4.69, 9.17) is 0 Å². The minimum Gasteiger partial charge on any atom is -0.348 e. The molecule has 0 aliphatic carbocycles. The van der Waals surface area contributed by atoms with Gasteiger partial charge in [-0.05, 0) is 28.7 Å². The van der Waals surface area contributed by atoms with Gasteiger partial charge in [0.25, 0.3) is 0 Å². The number of alkyl halides is 3. The number of carbonyl (C=O) groups is 1. The van der Waals surface area contributed by atoms with Crippen molar-refractivity contribution in [3.63, 3.8) is 0 Å². The van der Waals surface area contributed by atoms with Gasteiger partial charge in [0, 0.05) is 24.2 Å². The van der Waals surface area contributed by atoms with Crippen LogP contribution in [0.15, 0.2) is 85.2 Å². The van der Waals surface area contributed by atoms with E-state index in [1.54, 1.807) is 6.20 Å². The lowest BCUT2D eigenvalue weighted by Gasteiger charge is -2.35. The lowest BCUT2D eigenvalue weighted by Crippen LogP contribution is -2.43. The van der Waals surface area contributed by atoms with E-state index < -0.39 is 17.5 Å². The summed E-state index contributed by atoms with van der Waals surface area (Å²) in [7, 11) is 0. The van der Waals surface area contributed by atoms with Crippen LogP contribution in [0.25, 0.3) is 16.9 Å². The first kappa shape index (κ1) is 22.6. The largest absolute Gasteiger partial charge is 0.471 e. The minimum atomic E-state index is -4.91. The van der Waals surface area contributed by atoms with Gasteiger partial charge >= 0.3 is 12.1 Å². The number of carbonyl (C=O) groups excluding carboxylic acids is 1. The molecular formula is C26H24F3N3O. The average Bonchev–Trinajstić information content (AvgIpc) is 3.21. The Kier molecular flexibility index (Phi) is 5.97. The number of hydrogen-bond acceptors (Lipinski definition) is 2. The highest BCUT2D eigenvalue weighted by molar-refractivity contribution is 5.81. The molecule has 4 rings (SSSR count). The number of benzene rings is 2. The predicted octanol–water partition coefficient (Wildman–Crippen LogP) is 5.84. The van der Waals surface area contributed by atoms with Gasteiger partial charge in [0.1, 0.15) is 5.82 Å². The molecule has 7 heteroatoms. The Morgan fingerprint density at radius 3 is 2.24 bits per heavy atom. The fourth-order valence-electron chi connectivity index (χ4n) is 4.25. The number of aromatic nitrogens is 2. The normalized spacial score (nSPS) is 13.1. The Labute approximate surface area is 190 Å². The summed E-state index contributed by atoms with van der Waals surface area (Å²) in [5.74, 6) is -1.38. The quantitative estimate of drug-likeness (QED) is 0.400. The fourth-order valence-corrected chi connectivity index (χ4v) is 4.25. The van der Waals surface area contributed by atoms with Crippen LogP contribution >= 0.6 is 0 Å². The monoisotopic (exact) mass is 451 g/mol. The first-order chi connectivity index (χ1) is 15.7. The highest BCUT2D eigenvalue weighted by Gasteiger charge is 2.40. The molecule has 0 fully saturated rings. The number of hydrogen-bond donors (Lipinski definition) is 1. The van der Waals surface area contributed by atoms with E-state index in [1.807, 2.05) is 97.2 Å². The van der Waals surface area contributed by atoms with E-state index in [-0.39, 0.29) is 12.5 Å². The van der Waals surface area contributed by atoms with Crippen LogP contribution in [0.5, 0.6) is 0 Å². The second-order valence-corrected chi connectivity index (χ2v) is 8.72. The van der Waals surface area contributed by atoms with Crippen LogP contribution < -0.4 is 5.32 Å². The molecule has 0 saturated heterocycles. The summed E-state index contributed by atoms with van der Waals surface area (Å²) in [4.78, 5) is 16.0. The zero-order valence-corrected chi connectivity index (χ0v) is 18.3. The van der Waals surface area contributed by atoms with E-state index in [0.29, 0.717) is 0 Å².